The number of benzene rings is 2. The number of nitrogens with one attached hydrogen (secondary N) is 3. The molecule has 176 valence electrons. The maximum Gasteiger partial charge on any atom is 0.255 e. The van der Waals surface area contributed by atoms with Gasteiger partial charge in [0.1, 0.15) is 0 Å². The van der Waals surface area contributed by atoms with Crippen LogP contribution in [0.2, 0.25) is 0 Å². The molecule has 2 fully saturated rings. The van der Waals surface area contributed by atoms with Crippen molar-refractivity contribution in [2.45, 2.75) is 68.7 Å². The Morgan fingerprint density at radius 1 is 0.697 bits per heavy atom. The van der Waals surface area contributed by atoms with E-state index in [9.17, 15) is 18.0 Å². The highest BCUT2D eigenvalue weighted by Crippen LogP contribution is 2.25. The van der Waals surface area contributed by atoms with Gasteiger partial charge in [-0.05, 0) is 74.2 Å². The summed E-state index contributed by atoms with van der Waals surface area (Å²) in [5.74, 6) is -0.191. The fourth-order valence-electron chi connectivity index (χ4n) is 4.57. The summed E-state index contributed by atoms with van der Waals surface area (Å²) in [4.78, 5) is 25.1. The van der Waals surface area contributed by atoms with Crippen LogP contribution in [0.15, 0.2) is 53.4 Å². The summed E-state index contributed by atoms with van der Waals surface area (Å²) in [6.45, 7) is 0. The number of hydrogen-bond donors (Lipinski definition) is 3. The van der Waals surface area contributed by atoms with Crippen LogP contribution in [-0.2, 0) is 14.8 Å². The molecule has 0 spiro atoms. The number of hydrogen-bond acceptors (Lipinski definition) is 4. The molecule has 8 heteroatoms. The monoisotopic (exact) mass is 469 g/mol. The highest BCUT2D eigenvalue weighted by Gasteiger charge is 2.23. The molecule has 0 radical (unpaired) electrons. The van der Waals surface area contributed by atoms with Gasteiger partial charge < -0.3 is 10.6 Å². The SMILES string of the molecule is O=C(Nc1ccc(NC(=O)C2CCCCC2)cc1)c1ccc(S(=O)(=O)NC2CCCC2)cc1. The van der Waals surface area contributed by atoms with Gasteiger partial charge in [0.25, 0.3) is 5.91 Å². The van der Waals surface area contributed by atoms with E-state index in [-0.39, 0.29) is 28.7 Å². The largest absolute Gasteiger partial charge is 0.326 e. The Labute approximate surface area is 195 Å². The highest BCUT2D eigenvalue weighted by atomic mass is 32.2. The van der Waals surface area contributed by atoms with Crippen molar-refractivity contribution in [3.8, 4) is 0 Å². The molecule has 7 nitrogen and oxygen atoms in total. The van der Waals surface area contributed by atoms with E-state index in [1.54, 1.807) is 24.3 Å². The quantitative estimate of drug-likeness (QED) is 0.548. The van der Waals surface area contributed by atoms with E-state index in [1.807, 2.05) is 0 Å². The summed E-state index contributed by atoms with van der Waals surface area (Å²) in [7, 11) is -3.58. The minimum Gasteiger partial charge on any atom is -0.326 e. The van der Waals surface area contributed by atoms with Crippen LogP contribution < -0.4 is 15.4 Å². The molecular weight excluding hydrogens is 438 g/mol. The third-order valence-corrected chi connectivity index (χ3v) is 8.03. The van der Waals surface area contributed by atoms with Crippen molar-refractivity contribution in [2.24, 2.45) is 5.92 Å². The fourth-order valence-corrected chi connectivity index (χ4v) is 5.87. The van der Waals surface area contributed by atoms with Crippen LogP contribution in [0.5, 0.6) is 0 Å². The second kappa shape index (κ2) is 10.5. The standard InChI is InChI=1S/C25H31N3O4S/c29-24(18-6-2-1-3-7-18)26-20-12-14-21(15-13-20)27-25(30)19-10-16-23(17-11-19)33(31,32)28-22-8-4-5-9-22/h10-18,22,28H,1-9H2,(H,26,29)(H,27,30). The van der Waals surface area contributed by atoms with E-state index in [2.05, 4.69) is 15.4 Å². The molecule has 2 saturated carbocycles. The second-order valence-electron chi connectivity index (χ2n) is 8.98. The van der Waals surface area contributed by atoms with Crippen molar-refractivity contribution in [2.75, 3.05) is 10.6 Å². The number of rotatable bonds is 7. The third kappa shape index (κ3) is 6.21. The predicted molar refractivity (Wildman–Crippen MR) is 129 cm³/mol. The molecule has 0 aliphatic heterocycles. The van der Waals surface area contributed by atoms with Gasteiger partial charge >= 0.3 is 0 Å². The molecule has 2 aromatic carbocycles. The lowest BCUT2D eigenvalue weighted by Gasteiger charge is -2.20. The molecule has 2 aliphatic rings. The van der Waals surface area contributed by atoms with E-state index in [1.165, 1.54) is 30.7 Å². The molecule has 2 aliphatic carbocycles. The Morgan fingerprint density at radius 2 is 1.24 bits per heavy atom. The first-order valence-electron chi connectivity index (χ1n) is 11.8. The molecule has 0 aromatic heterocycles. The summed E-state index contributed by atoms with van der Waals surface area (Å²) >= 11 is 0. The van der Waals surface area contributed by atoms with Crippen molar-refractivity contribution in [3.05, 3.63) is 54.1 Å². The molecule has 0 saturated heterocycles. The van der Waals surface area contributed by atoms with Crippen LogP contribution in [-0.4, -0.2) is 26.3 Å². The Balaban J connectivity index is 1.32. The molecule has 0 heterocycles. The first kappa shape index (κ1) is 23.4. The Bertz CT molecular complexity index is 1070. The van der Waals surface area contributed by atoms with Gasteiger partial charge in [0.15, 0.2) is 0 Å². The maximum absolute atomic E-state index is 12.6. The zero-order chi connectivity index (χ0) is 23.3. The van der Waals surface area contributed by atoms with Gasteiger partial charge in [0.05, 0.1) is 4.90 Å². The van der Waals surface area contributed by atoms with Crippen LogP contribution in [0, 0.1) is 5.92 Å². The first-order chi connectivity index (χ1) is 15.9. The summed E-state index contributed by atoms with van der Waals surface area (Å²) in [6.07, 6.45) is 9.10. The van der Waals surface area contributed by atoms with Crippen molar-refractivity contribution < 1.29 is 18.0 Å². The number of amides is 2. The zero-order valence-electron chi connectivity index (χ0n) is 18.7. The summed E-state index contributed by atoms with van der Waals surface area (Å²) in [6, 6.07) is 12.9. The molecular formula is C25H31N3O4S. The molecule has 0 atom stereocenters. The Hall–Kier alpha value is -2.71. The average Bonchev–Trinajstić information content (AvgIpc) is 3.33. The van der Waals surface area contributed by atoms with Crippen LogP contribution in [0.4, 0.5) is 11.4 Å². The number of sulfonamides is 1. The molecule has 33 heavy (non-hydrogen) atoms. The van der Waals surface area contributed by atoms with Crippen molar-refractivity contribution in [3.63, 3.8) is 0 Å². The topological polar surface area (TPSA) is 104 Å². The van der Waals surface area contributed by atoms with E-state index in [0.29, 0.717) is 16.9 Å². The number of anilines is 2. The van der Waals surface area contributed by atoms with E-state index in [4.69, 9.17) is 0 Å². The maximum atomic E-state index is 12.6. The fraction of sp³-hybridized carbons (Fsp3) is 0.440. The highest BCUT2D eigenvalue weighted by molar-refractivity contribution is 7.89. The number of carbonyl (C=O) groups excluding carboxylic acids is 2. The summed E-state index contributed by atoms with van der Waals surface area (Å²) < 4.78 is 27.8. The minimum absolute atomic E-state index is 0.00612. The van der Waals surface area contributed by atoms with Gasteiger partial charge in [-0.15, -0.1) is 0 Å². The Kier molecular flexibility index (Phi) is 7.45. The van der Waals surface area contributed by atoms with Gasteiger partial charge in [0.2, 0.25) is 15.9 Å². The van der Waals surface area contributed by atoms with Crippen LogP contribution in [0.1, 0.15) is 68.1 Å². The predicted octanol–water partition coefficient (Wildman–Crippen LogP) is 4.68. The van der Waals surface area contributed by atoms with Gasteiger partial charge in [-0.2, -0.15) is 0 Å². The van der Waals surface area contributed by atoms with Crippen LogP contribution >= 0.6 is 0 Å². The molecule has 3 N–H and O–H groups in total. The summed E-state index contributed by atoms with van der Waals surface area (Å²) in [5, 5.41) is 5.76. The first-order valence-corrected chi connectivity index (χ1v) is 13.2. The lowest BCUT2D eigenvalue weighted by atomic mass is 9.88. The molecule has 0 unspecified atom stereocenters. The normalized spacial score (nSPS) is 17.6. The lowest BCUT2D eigenvalue weighted by Crippen LogP contribution is -2.32. The van der Waals surface area contributed by atoms with Gasteiger partial charge in [-0.25, -0.2) is 13.1 Å². The molecule has 2 amide bonds. The van der Waals surface area contributed by atoms with Crippen LogP contribution in [0.25, 0.3) is 0 Å². The van der Waals surface area contributed by atoms with E-state index < -0.39 is 10.0 Å². The number of carbonyl (C=O) groups is 2. The zero-order valence-corrected chi connectivity index (χ0v) is 19.5. The van der Waals surface area contributed by atoms with Crippen molar-refractivity contribution in [1.29, 1.82) is 0 Å². The smallest absolute Gasteiger partial charge is 0.255 e. The van der Waals surface area contributed by atoms with Crippen LogP contribution in [0.3, 0.4) is 0 Å². The van der Waals surface area contributed by atoms with Gasteiger partial charge in [-0.3, -0.25) is 9.59 Å². The molecule has 4 rings (SSSR count). The average molecular weight is 470 g/mol. The minimum atomic E-state index is -3.58. The molecule has 2 aromatic rings. The van der Waals surface area contributed by atoms with E-state index >= 15 is 0 Å². The van der Waals surface area contributed by atoms with Crippen molar-refractivity contribution in [1.82, 2.24) is 4.72 Å². The molecule has 0 bridgehead atoms. The summed E-state index contributed by atoms with van der Waals surface area (Å²) in [5.41, 5.74) is 1.66. The van der Waals surface area contributed by atoms with Crippen molar-refractivity contribution >= 4 is 33.2 Å². The third-order valence-electron chi connectivity index (χ3n) is 6.49. The van der Waals surface area contributed by atoms with Gasteiger partial charge in [0, 0.05) is 28.9 Å². The Morgan fingerprint density at radius 3 is 1.85 bits per heavy atom. The second-order valence-corrected chi connectivity index (χ2v) is 10.7. The van der Waals surface area contributed by atoms with Gasteiger partial charge in [-0.1, -0.05) is 32.1 Å². The lowest BCUT2D eigenvalue weighted by molar-refractivity contribution is -0.120. The van der Waals surface area contributed by atoms with E-state index in [0.717, 1.165) is 51.4 Å².